The van der Waals surface area contributed by atoms with Crippen molar-refractivity contribution in [2.45, 2.75) is 19.1 Å². The number of hydrogen-bond acceptors (Lipinski definition) is 5. The van der Waals surface area contributed by atoms with E-state index >= 15 is 0 Å². The Kier molecular flexibility index (Phi) is 4.82. The Morgan fingerprint density at radius 1 is 1.46 bits per heavy atom. The summed E-state index contributed by atoms with van der Waals surface area (Å²) < 4.78 is 9.88. The minimum atomic E-state index is -0.587. The van der Waals surface area contributed by atoms with Crippen LogP contribution in [0.3, 0.4) is 0 Å². The van der Waals surface area contributed by atoms with Gasteiger partial charge in [-0.2, -0.15) is 0 Å². The van der Waals surface area contributed by atoms with Crippen molar-refractivity contribution in [2.75, 3.05) is 18.6 Å². The number of aromatic nitrogens is 1. The lowest BCUT2D eigenvalue weighted by Gasteiger charge is -2.17. The number of carbonyl (C=O) groups excluding carboxylic acids is 2. The third-order valence-corrected chi connectivity index (χ3v) is 3.98. The second-order valence-corrected chi connectivity index (χ2v) is 5.83. The summed E-state index contributed by atoms with van der Waals surface area (Å²) in [7, 11) is 1.52. The third kappa shape index (κ3) is 3.42. The maximum atomic E-state index is 12.5. The fourth-order valence-electron chi connectivity index (χ4n) is 2.55. The van der Waals surface area contributed by atoms with Crippen molar-refractivity contribution < 1.29 is 18.8 Å². The quantitative estimate of drug-likeness (QED) is 0.892. The number of halogens is 1. The summed E-state index contributed by atoms with van der Waals surface area (Å²) >= 11 is 5.86. The van der Waals surface area contributed by atoms with Crippen LogP contribution in [0.1, 0.15) is 22.7 Å². The molecule has 1 saturated heterocycles. The van der Waals surface area contributed by atoms with Gasteiger partial charge in [-0.3, -0.25) is 9.59 Å². The van der Waals surface area contributed by atoms with Crippen molar-refractivity contribution in [1.82, 2.24) is 10.5 Å². The monoisotopic (exact) mass is 349 g/mol. The molecule has 1 fully saturated rings. The molecule has 1 atom stereocenters. The molecule has 1 aromatic carbocycles. The largest absolute Gasteiger partial charge is 0.377 e. The minimum absolute atomic E-state index is 0.125. The molecule has 126 valence electrons. The van der Waals surface area contributed by atoms with E-state index < -0.39 is 11.9 Å². The second kappa shape index (κ2) is 7.02. The van der Waals surface area contributed by atoms with Gasteiger partial charge < -0.3 is 19.5 Å². The number of hydrogen-bond donors (Lipinski definition) is 1. The normalized spacial score (nSPS) is 17.3. The summed E-state index contributed by atoms with van der Waals surface area (Å²) in [6.07, 6.45) is 0.524. The average molecular weight is 350 g/mol. The van der Waals surface area contributed by atoms with Crippen molar-refractivity contribution >= 4 is 29.1 Å². The Balaban J connectivity index is 1.64. The molecule has 0 saturated carbocycles. The molecule has 0 spiro atoms. The van der Waals surface area contributed by atoms with E-state index in [1.807, 2.05) is 0 Å². The molecule has 1 aromatic heterocycles. The van der Waals surface area contributed by atoms with E-state index in [2.05, 4.69) is 10.5 Å². The van der Waals surface area contributed by atoms with Gasteiger partial charge in [0.05, 0.1) is 0 Å². The van der Waals surface area contributed by atoms with E-state index in [4.69, 9.17) is 20.9 Å². The number of carbonyl (C=O) groups is 2. The van der Waals surface area contributed by atoms with E-state index in [0.717, 1.165) is 5.69 Å². The number of methoxy groups -OCH3 is 1. The molecule has 0 radical (unpaired) electrons. The summed E-state index contributed by atoms with van der Waals surface area (Å²) in [6, 6.07) is 7.91. The van der Waals surface area contributed by atoms with Crippen LogP contribution in [0, 0.1) is 0 Å². The number of amides is 2. The van der Waals surface area contributed by atoms with Crippen molar-refractivity contribution in [3.8, 4) is 0 Å². The summed E-state index contributed by atoms with van der Waals surface area (Å²) in [5, 5.41) is 6.98. The van der Waals surface area contributed by atoms with Crippen LogP contribution in [0.4, 0.5) is 5.69 Å². The van der Waals surface area contributed by atoms with Gasteiger partial charge in [-0.25, -0.2) is 0 Å². The summed E-state index contributed by atoms with van der Waals surface area (Å²) in [5.74, 6) is -0.160. The van der Waals surface area contributed by atoms with Crippen LogP contribution < -0.4 is 10.2 Å². The number of nitrogens with one attached hydrogen (secondary N) is 1. The molecule has 24 heavy (non-hydrogen) atoms. The Bertz CT molecular complexity index is 744. The zero-order valence-electron chi connectivity index (χ0n) is 13.0. The van der Waals surface area contributed by atoms with Crippen LogP contribution in [0.5, 0.6) is 0 Å². The predicted octanol–water partition coefficient (Wildman–Crippen LogP) is 2.01. The highest BCUT2D eigenvalue weighted by Crippen LogP contribution is 2.23. The van der Waals surface area contributed by atoms with Gasteiger partial charge in [0.1, 0.15) is 12.6 Å². The SMILES string of the molecule is COCc1cc(C(=O)N[C@@H]2CCN(c3ccc(Cl)cc3)C2=O)no1. The number of nitrogens with zero attached hydrogens (tertiary/aromatic N) is 2. The fourth-order valence-corrected chi connectivity index (χ4v) is 2.68. The van der Waals surface area contributed by atoms with E-state index in [9.17, 15) is 9.59 Å². The maximum absolute atomic E-state index is 12.5. The topological polar surface area (TPSA) is 84.7 Å². The molecule has 0 bridgehead atoms. The number of anilines is 1. The molecule has 1 N–H and O–H groups in total. The first-order valence-electron chi connectivity index (χ1n) is 7.41. The maximum Gasteiger partial charge on any atom is 0.274 e. The zero-order chi connectivity index (χ0) is 17.1. The zero-order valence-corrected chi connectivity index (χ0v) is 13.7. The first-order valence-corrected chi connectivity index (χ1v) is 7.78. The van der Waals surface area contributed by atoms with E-state index in [-0.39, 0.29) is 18.2 Å². The number of rotatable bonds is 5. The van der Waals surface area contributed by atoms with Gasteiger partial charge in [-0.15, -0.1) is 0 Å². The lowest BCUT2D eigenvalue weighted by Crippen LogP contribution is -2.41. The predicted molar refractivity (Wildman–Crippen MR) is 86.9 cm³/mol. The average Bonchev–Trinajstić information content (AvgIpc) is 3.17. The molecule has 1 aliphatic rings. The minimum Gasteiger partial charge on any atom is -0.377 e. The van der Waals surface area contributed by atoms with Gasteiger partial charge in [-0.1, -0.05) is 16.8 Å². The molecular weight excluding hydrogens is 334 g/mol. The molecule has 2 amide bonds. The highest BCUT2D eigenvalue weighted by atomic mass is 35.5. The van der Waals surface area contributed by atoms with Gasteiger partial charge in [0.15, 0.2) is 11.5 Å². The molecule has 1 aliphatic heterocycles. The van der Waals surface area contributed by atoms with Crippen molar-refractivity contribution in [3.63, 3.8) is 0 Å². The van der Waals surface area contributed by atoms with Crippen molar-refractivity contribution in [3.05, 3.63) is 46.8 Å². The van der Waals surface area contributed by atoms with Crippen LogP contribution >= 0.6 is 11.6 Å². The summed E-state index contributed by atoms with van der Waals surface area (Å²) in [4.78, 5) is 26.3. The molecule has 0 unspecified atom stereocenters. The van der Waals surface area contributed by atoms with Crippen LogP contribution in [-0.2, 0) is 16.1 Å². The smallest absolute Gasteiger partial charge is 0.274 e. The lowest BCUT2D eigenvalue weighted by atomic mass is 10.2. The molecule has 0 aliphatic carbocycles. The Morgan fingerprint density at radius 2 is 2.21 bits per heavy atom. The van der Waals surface area contributed by atoms with Gasteiger partial charge in [0.25, 0.3) is 5.91 Å². The van der Waals surface area contributed by atoms with Crippen LogP contribution in [0.25, 0.3) is 0 Å². The van der Waals surface area contributed by atoms with E-state index in [0.29, 0.717) is 23.7 Å². The standard InChI is InChI=1S/C16H16ClN3O4/c1-23-9-12-8-14(19-24-12)15(21)18-13-6-7-20(16(13)22)11-4-2-10(17)3-5-11/h2-5,8,13H,6-7,9H2,1H3,(H,18,21)/t13-/m1/s1. The highest BCUT2D eigenvalue weighted by molar-refractivity contribution is 6.30. The Morgan fingerprint density at radius 3 is 2.92 bits per heavy atom. The summed E-state index contributed by atoms with van der Waals surface area (Å²) in [6.45, 7) is 0.756. The molecule has 7 nitrogen and oxygen atoms in total. The number of ether oxygens (including phenoxy) is 1. The molecule has 2 heterocycles. The Labute approximate surface area is 143 Å². The van der Waals surface area contributed by atoms with E-state index in [1.165, 1.54) is 13.2 Å². The first-order chi connectivity index (χ1) is 11.6. The van der Waals surface area contributed by atoms with Gasteiger partial charge >= 0.3 is 0 Å². The highest BCUT2D eigenvalue weighted by Gasteiger charge is 2.34. The van der Waals surface area contributed by atoms with Crippen molar-refractivity contribution in [1.29, 1.82) is 0 Å². The lowest BCUT2D eigenvalue weighted by molar-refractivity contribution is -0.118. The first kappa shape index (κ1) is 16.5. The molecule has 3 rings (SSSR count). The van der Waals surface area contributed by atoms with Crippen LogP contribution in [0.15, 0.2) is 34.9 Å². The second-order valence-electron chi connectivity index (χ2n) is 5.39. The van der Waals surface area contributed by atoms with Crippen LogP contribution in [0.2, 0.25) is 5.02 Å². The molecular formula is C16H16ClN3O4. The van der Waals surface area contributed by atoms with Gasteiger partial charge in [0.2, 0.25) is 5.91 Å². The Hall–Kier alpha value is -2.38. The van der Waals surface area contributed by atoms with Crippen LogP contribution in [-0.4, -0.2) is 36.7 Å². The fraction of sp³-hybridized carbons (Fsp3) is 0.312. The van der Waals surface area contributed by atoms with Crippen molar-refractivity contribution in [2.24, 2.45) is 0 Å². The van der Waals surface area contributed by atoms with E-state index in [1.54, 1.807) is 29.2 Å². The summed E-state index contributed by atoms with van der Waals surface area (Å²) in [5.41, 5.74) is 0.879. The molecule has 8 heteroatoms. The molecule has 2 aromatic rings. The number of benzene rings is 1. The third-order valence-electron chi connectivity index (χ3n) is 3.73. The van der Waals surface area contributed by atoms with Gasteiger partial charge in [-0.05, 0) is 30.7 Å². The van der Waals surface area contributed by atoms with Gasteiger partial charge in [0, 0.05) is 30.4 Å².